The van der Waals surface area contributed by atoms with Gasteiger partial charge in [-0.1, -0.05) is 6.07 Å². The van der Waals surface area contributed by atoms with Crippen molar-refractivity contribution in [1.82, 2.24) is 4.90 Å². The van der Waals surface area contributed by atoms with Crippen LogP contribution in [0, 0.1) is 6.92 Å². The first-order chi connectivity index (χ1) is 9.58. The van der Waals surface area contributed by atoms with Gasteiger partial charge >= 0.3 is 5.97 Å². The number of benzene rings is 1. The van der Waals surface area contributed by atoms with Crippen LogP contribution in [-0.2, 0) is 14.6 Å². The average molecular weight is 313 g/mol. The van der Waals surface area contributed by atoms with E-state index in [1.54, 1.807) is 13.8 Å². The number of nitrogens with zero attached hydrogens (tertiary/aromatic N) is 1. The van der Waals surface area contributed by atoms with Crippen LogP contribution in [0.15, 0.2) is 23.1 Å². The molecule has 0 saturated carbocycles. The standard InChI is InChI=1S/C14H19NO5S/c1-9(2)15(4)13(16)8-21(19,20)12-7-5-6-11(10(12)3)14(17)18/h5-7,9H,8H2,1-4H3,(H,17,18). The van der Waals surface area contributed by atoms with Gasteiger partial charge in [-0.3, -0.25) is 4.79 Å². The Morgan fingerprint density at radius 1 is 1.29 bits per heavy atom. The summed E-state index contributed by atoms with van der Waals surface area (Å²) in [6.45, 7) is 4.98. The van der Waals surface area contributed by atoms with Crippen molar-refractivity contribution >= 4 is 21.7 Å². The lowest BCUT2D eigenvalue weighted by molar-refractivity contribution is -0.128. The molecule has 0 saturated heterocycles. The van der Waals surface area contributed by atoms with Gasteiger partial charge in [-0.15, -0.1) is 0 Å². The number of carbonyl (C=O) groups is 2. The van der Waals surface area contributed by atoms with E-state index in [4.69, 9.17) is 5.11 Å². The zero-order chi connectivity index (χ0) is 16.4. The highest BCUT2D eigenvalue weighted by molar-refractivity contribution is 7.92. The molecule has 1 aromatic carbocycles. The number of hydrogen-bond donors (Lipinski definition) is 1. The van der Waals surface area contributed by atoms with Crippen LogP contribution in [0.1, 0.15) is 29.8 Å². The summed E-state index contributed by atoms with van der Waals surface area (Å²) in [7, 11) is -2.35. The van der Waals surface area contributed by atoms with Gasteiger partial charge in [0.05, 0.1) is 10.5 Å². The maximum atomic E-state index is 12.3. The van der Waals surface area contributed by atoms with Gasteiger partial charge in [-0.2, -0.15) is 0 Å². The Morgan fingerprint density at radius 2 is 1.86 bits per heavy atom. The van der Waals surface area contributed by atoms with Gasteiger partial charge in [0.1, 0.15) is 5.75 Å². The highest BCUT2D eigenvalue weighted by atomic mass is 32.2. The van der Waals surface area contributed by atoms with Crippen LogP contribution in [0.4, 0.5) is 0 Å². The molecule has 0 spiro atoms. The summed E-state index contributed by atoms with van der Waals surface area (Å²) in [4.78, 5) is 24.2. The molecule has 0 atom stereocenters. The zero-order valence-corrected chi connectivity index (χ0v) is 13.3. The number of sulfone groups is 1. The lowest BCUT2D eigenvalue weighted by atomic mass is 10.1. The Morgan fingerprint density at radius 3 is 2.33 bits per heavy atom. The fraction of sp³-hybridized carbons (Fsp3) is 0.429. The van der Waals surface area contributed by atoms with E-state index >= 15 is 0 Å². The van der Waals surface area contributed by atoms with Crippen LogP contribution in [0.25, 0.3) is 0 Å². The molecule has 1 N–H and O–H groups in total. The monoisotopic (exact) mass is 313 g/mol. The molecule has 6 nitrogen and oxygen atoms in total. The molecule has 0 aliphatic rings. The molecule has 0 aliphatic carbocycles. The minimum atomic E-state index is -3.88. The first-order valence-electron chi connectivity index (χ1n) is 6.39. The molecular weight excluding hydrogens is 294 g/mol. The number of amides is 1. The van der Waals surface area contributed by atoms with E-state index in [2.05, 4.69) is 0 Å². The fourth-order valence-electron chi connectivity index (χ4n) is 1.81. The third-order valence-corrected chi connectivity index (χ3v) is 5.07. The van der Waals surface area contributed by atoms with Crippen molar-refractivity contribution in [3.8, 4) is 0 Å². The number of hydrogen-bond acceptors (Lipinski definition) is 4. The largest absolute Gasteiger partial charge is 0.478 e. The molecule has 1 aromatic rings. The summed E-state index contributed by atoms with van der Waals surface area (Å²) in [5, 5.41) is 9.03. The molecule has 1 amide bonds. The third kappa shape index (κ3) is 3.81. The van der Waals surface area contributed by atoms with Crippen molar-refractivity contribution in [3.05, 3.63) is 29.3 Å². The molecule has 0 aliphatic heterocycles. The molecule has 0 fully saturated rings. The minimum absolute atomic E-state index is 0.0826. The maximum Gasteiger partial charge on any atom is 0.335 e. The lowest BCUT2D eigenvalue weighted by Gasteiger charge is -2.21. The first-order valence-corrected chi connectivity index (χ1v) is 8.04. The zero-order valence-electron chi connectivity index (χ0n) is 12.5. The Hall–Kier alpha value is -1.89. The normalized spacial score (nSPS) is 11.5. The van der Waals surface area contributed by atoms with Crippen molar-refractivity contribution in [3.63, 3.8) is 0 Å². The SMILES string of the molecule is Cc1c(C(=O)O)cccc1S(=O)(=O)CC(=O)N(C)C(C)C. The number of carboxylic acid groups (broad SMARTS) is 1. The molecule has 7 heteroatoms. The molecule has 0 unspecified atom stereocenters. The summed E-state index contributed by atoms with van der Waals surface area (Å²) < 4.78 is 24.6. The molecular formula is C14H19NO5S. The summed E-state index contributed by atoms with van der Waals surface area (Å²) in [6, 6.07) is 3.90. The van der Waals surface area contributed by atoms with Crippen molar-refractivity contribution in [1.29, 1.82) is 0 Å². The van der Waals surface area contributed by atoms with Gasteiger partial charge in [0, 0.05) is 13.1 Å². The van der Waals surface area contributed by atoms with Crippen LogP contribution in [0.3, 0.4) is 0 Å². The molecule has 0 bridgehead atoms. The van der Waals surface area contributed by atoms with Gasteiger partial charge in [-0.25, -0.2) is 13.2 Å². The second-order valence-electron chi connectivity index (χ2n) is 5.09. The predicted octanol–water partition coefficient (Wildman–Crippen LogP) is 1.33. The number of carboxylic acids is 1. The lowest BCUT2D eigenvalue weighted by Crippen LogP contribution is -2.37. The molecule has 1 rings (SSSR count). The highest BCUT2D eigenvalue weighted by Gasteiger charge is 2.26. The summed E-state index contributed by atoms with van der Waals surface area (Å²) in [5.41, 5.74) is 0.0609. The summed E-state index contributed by atoms with van der Waals surface area (Å²) >= 11 is 0. The topological polar surface area (TPSA) is 91.7 Å². The van der Waals surface area contributed by atoms with Crippen LogP contribution < -0.4 is 0 Å². The third-order valence-electron chi connectivity index (χ3n) is 3.33. The molecule has 21 heavy (non-hydrogen) atoms. The van der Waals surface area contributed by atoms with Crippen molar-refractivity contribution in [2.45, 2.75) is 31.7 Å². The maximum absolute atomic E-state index is 12.3. The van der Waals surface area contributed by atoms with Gasteiger partial charge in [-0.05, 0) is 38.5 Å². The fourth-order valence-corrected chi connectivity index (χ4v) is 3.36. The minimum Gasteiger partial charge on any atom is -0.478 e. The van der Waals surface area contributed by atoms with E-state index in [1.165, 1.54) is 37.1 Å². The van der Waals surface area contributed by atoms with Gasteiger partial charge in [0.25, 0.3) is 0 Å². The smallest absolute Gasteiger partial charge is 0.335 e. The van der Waals surface area contributed by atoms with E-state index < -0.39 is 27.5 Å². The highest BCUT2D eigenvalue weighted by Crippen LogP contribution is 2.20. The van der Waals surface area contributed by atoms with E-state index in [1.807, 2.05) is 0 Å². The Labute approximate surface area is 124 Å². The van der Waals surface area contributed by atoms with Crippen LogP contribution in [0.5, 0.6) is 0 Å². The van der Waals surface area contributed by atoms with Crippen LogP contribution in [0.2, 0.25) is 0 Å². The Bertz CT molecular complexity index is 664. The average Bonchev–Trinajstić information content (AvgIpc) is 2.36. The molecule has 0 heterocycles. The Balaban J connectivity index is 3.18. The number of aromatic carboxylic acids is 1. The van der Waals surface area contributed by atoms with Gasteiger partial charge < -0.3 is 10.0 Å². The van der Waals surface area contributed by atoms with E-state index in [-0.39, 0.29) is 22.1 Å². The molecule has 0 radical (unpaired) electrons. The van der Waals surface area contributed by atoms with E-state index in [9.17, 15) is 18.0 Å². The van der Waals surface area contributed by atoms with Crippen molar-refractivity contribution in [2.75, 3.05) is 12.8 Å². The van der Waals surface area contributed by atoms with Crippen LogP contribution in [-0.4, -0.2) is 49.1 Å². The second kappa shape index (κ2) is 6.26. The summed E-state index contributed by atoms with van der Waals surface area (Å²) in [6.07, 6.45) is 0. The predicted molar refractivity (Wildman–Crippen MR) is 78.1 cm³/mol. The quantitative estimate of drug-likeness (QED) is 0.885. The number of rotatable bonds is 5. The molecule has 0 aromatic heterocycles. The van der Waals surface area contributed by atoms with Crippen molar-refractivity contribution in [2.24, 2.45) is 0 Å². The second-order valence-corrected chi connectivity index (χ2v) is 7.05. The van der Waals surface area contributed by atoms with Crippen LogP contribution >= 0.6 is 0 Å². The first kappa shape index (κ1) is 17.2. The van der Waals surface area contributed by atoms with E-state index in [0.717, 1.165) is 0 Å². The van der Waals surface area contributed by atoms with Gasteiger partial charge in [0.15, 0.2) is 9.84 Å². The van der Waals surface area contributed by atoms with Gasteiger partial charge in [0.2, 0.25) is 5.91 Å². The summed E-state index contributed by atoms with van der Waals surface area (Å²) in [5.74, 6) is -2.40. The van der Waals surface area contributed by atoms with Crippen molar-refractivity contribution < 1.29 is 23.1 Å². The van der Waals surface area contributed by atoms with E-state index in [0.29, 0.717) is 0 Å². The molecule has 116 valence electrons. The Kier molecular flexibility index (Phi) is 5.11. The number of carbonyl (C=O) groups excluding carboxylic acids is 1.